The highest BCUT2D eigenvalue weighted by molar-refractivity contribution is 4.82. The maximum absolute atomic E-state index is 3.62. The van der Waals surface area contributed by atoms with Crippen LogP contribution in [0, 0.1) is 0 Å². The van der Waals surface area contributed by atoms with Gasteiger partial charge in [-0.15, -0.1) is 6.58 Å². The Morgan fingerprint density at radius 3 is 2.10 bits per heavy atom. The maximum Gasteiger partial charge on any atom is -0.0316 e. The van der Waals surface area contributed by atoms with E-state index in [2.05, 4.69) is 25.7 Å². The quantitative estimate of drug-likeness (QED) is 0.410. The van der Waals surface area contributed by atoms with Gasteiger partial charge in [0.15, 0.2) is 0 Å². The first-order chi connectivity index (χ1) is 4.91. The molecule has 0 aliphatic carbocycles. The topological polar surface area (TPSA) is 0 Å². The van der Waals surface area contributed by atoms with Crippen molar-refractivity contribution in [2.75, 3.05) is 0 Å². The molecule has 0 heteroatoms. The van der Waals surface area contributed by atoms with E-state index in [1.807, 2.05) is 19.9 Å². The van der Waals surface area contributed by atoms with Crippen LogP contribution in [0.5, 0.6) is 0 Å². The van der Waals surface area contributed by atoms with Crippen LogP contribution in [0.25, 0.3) is 0 Å². The predicted octanol–water partition coefficient (Wildman–Crippen LogP) is 3.95. The summed E-state index contributed by atoms with van der Waals surface area (Å²) < 4.78 is 0. The molecule has 0 fully saturated rings. The lowest BCUT2D eigenvalue weighted by atomic mass is 10.3. The molecule has 60 valence electrons. The van der Waals surface area contributed by atoms with Crippen LogP contribution in [0.15, 0.2) is 24.8 Å². The Morgan fingerprint density at radius 2 is 1.70 bits per heavy atom. The Kier molecular flexibility index (Phi) is 19.3. The molecule has 0 aliphatic heterocycles. The normalized spacial score (nSPS) is 8.70. The van der Waals surface area contributed by atoms with Gasteiger partial charge < -0.3 is 0 Å². The summed E-state index contributed by atoms with van der Waals surface area (Å²) in [6, 6.07) is 0. The molecule has 0 aromatic heterocycles. The number of allylic oxidation sites excluding steroid dienone is 3. The third kappa shape index (κ3) is 15.6. The summed E-state index contributed by atoms with van der Waals surface area (Å²) in [7, 11) is 0. The number of hydrogen-bond donors (Lipinski definition) is 0. The predicted molar refractivity (Wildman–Crippen MR) is 50.2 cm³/mol. The number of unbranched alkanes of at least 4 members (excludes halogenated alkanes) is 1. The molecule has 0 N–H and O–H groups in total. The highest BCUT2D eigenvalue weighted by Gasteiger charge is 1.70. The highest BCUT2D eigenvalue weighted by atomic mass is 13.8. The van der Waals surface area contributed by atoms with Crippen LogP contribution in [0.1, 0.15) is 40.0 Å². The largest absolute Gasteiger partial charge is 0.103 e. The molecule has 0 aromatic rings. The van der Waals surface area contributed by atoms with E-state index in [9.17, 15) is 0 Å². The lowest BCUT2D eigenvalue weighted by Gasteiger charge is -1.81. The molecule has 0 aromatic carbocycles. The first kappa shape index (κ1) is 12.2. The zero-order chi connectivity index (χ0) is 8.24. The molecule has 0 nitrogen and oxygen atoms in total. The minimum absolute atomic E-state index is 1.11. The van der Waals surface area contributed by atoms with Crippen LogP contribution >= 0.6 is 0 Å². The third-order valence-electron chi connectivity index (χ3n) is 0.940. The molecule has 0 atom stereocenters. The van der Waals surface area contributed by atoms with Gasteiger partial charge in [0, 0.05) is 0 Å². The van der Waals surface area contributed by atoms with Crippen molar-refractivity contribution in [3.8, 4) is 0 Å². The molecule has 10 heavy (non-hydrogen) atoms. The van der Waals surface area contributed by atoms with Gasteiger partial charge in [0.2, 0.25) is 0 Å². The molecule has 0 unspecified atom stereocenters. The average molecular weight is 140 g/mol. The summed E-state index contributed by atoms with van der Waals surface area (Å²) in [5, 5.41) is 0. The smallest absolute Gasteiger partial charge is 0.0316 e. The van der Waals surface area contributed by atoms with E-state index < -0.39 is 0 Å². The molecule has 0 bridgehead atoms. The second-order valence-corrected chi connectivity index (χ2v) is 1.75. The van der Waals surface area contributed by atoms with Crippen molar-refractivity contribution in [2.24, 2.45) is 0 Å². The van der Waals surface area contributed by atoms with E-state index in [1.54, 1.807) is 0 Å². The molecular weight excluding hydrogens is 120 g/mol. The van der Waals surface area contributed by atoms with Crippen LogP contribution in [-0.4, -0.2) is 0 Å². The van der Waals surface area contributed by atoms with Crippen molar-refractivity contribution in [3.05, 3.63) is 24.8 Å². The minimum Gasteiger partial charge on any atom is -0.103 e. The molecule has 0 heterocycles. The van der Waals surface area contributed by atoms with Gasteiger partial charge >= 0.3 is 0 Å². The lowest BCUT2D eigenvalue weighted by molar-refractivity contribution is 1.04. The van der Waals surface area contributed by atoms with Crippen molar-refractivity contribution in [2.45, 2.75) is 40.0 Å². The molecule has 0 amide bonds. The Labute approximate surface area is 65.7 Å². The highest BCUT2D eigenvalue weighted by Crippen LogP contribution is 1.91. The minimum atomic E-state index is 1.11. The maximum atomic E-state index is 3.62. The molecule has 0 saturated heterocycles. The van der Waals surface area contributed by atoms with Crippen LogP contribution in [-0.2, 0) is 0 Å². The van der Waals surface area contributed by atoms with Gasteiger partial charge in [0.25, 0.3) is 0 Å². The van der Waals surface area contributed by atoms with E-state index in [1.165, 1.54) is 0 Å². The summed E-state index contributed by atoms with van der Waals surface area (Å²) in [5.74, 6) is 0. The fourth-order valence-corrected chi connectivity index (χ4v) is 0.499. The molecule has 0 rings (SSSR count). The molecule has 0 spiro atoms. The van der Waals surface area contributed by atoms with Gasteiger partial charge in [-0.1, -0.05) is 39.0 Å². The summed E-state index contributed by atoms with van der Waals surface area (Å²) in [4.78, 5) is 0. The summed E-state index contributed by atoms with van der Waals surface area (Å²) in [5.41, 5.74) is 0. The van der Waals surface area contributed by atoms with Crippen molar-refractivity contribution >= 4 is 0 Å². The van der Waals surface area contributed by atoms with Crippen molar-refractivity contribution < 1.29 is 0 Å². The van der Waals surface area contributed by atoms with Crippen molar-refractivity contribution in [1.82, 2.24) is 0 Å². The fraction of sp³-hybridized carbons (Fsp3) is 0.600. The summed E-state index contributed by atoms with van der Waals surface area (Å²) in [6.07, 6.45) is 9.73. The van der Waals surface area contributed by atoms with Gasteiger partial charge in [0.05, 0.1) is 0 Å². The van der Waals surface area contributed by atoms with Crippen LogP contribution in [0.3, 0.4) is 0 Å². The zero-order valence-electron chi connectivity index (χ0n) is 7.56. The van der Waals surface area contributed by atoms with E-state index in [4.69, 9.17) is 0 Å². The third-order valence-corrected chi connectivity index (χ3v) is 0.940. The fourth-order valence-electron chi connectivity index (χ4n) is 0.499. The molecular formula is C10H20. The Balaban J connectivity index is 0. The molecule has 0 aliphatic rings. The van der Waals surface area contributed by atoms with Gasteiger partial charge in [-0.05, 0) is 19.3 Å². The lowest BCUT2D eigenvalue weighted by Crippen LogP contribution is -1.61. The Hall–Kier alpha value is -0.520. The number of hydrogen-bond acceptors (Lipinski definition) is 0. The average Bonchev–Trinajstić information content (AvgIpc) is 2.02. The molecule has 0 saturated carbocycles. The number of rotatable bonds is 4. The van der Waals surface area contributed by atoms with E-state index >= 15 is 0 Å². The van der Waals surface area contributed by atoms with E-state index in [0.29, 0.717) is 0 Å². The summed E-state index contributed by atoms with van der Waals surface area (Å²) in [6.45, 7) is 9.77. The van der Waals surface area contributed by atoms with Crippen LogP contribution < -0.4 is 0 Å². The summed E-state index contributed by atoms with van der Waals surface area (Å²) >= 11 is 0. The first-order valence-corrected chi connectivity index (χ1v) is 4.17. The monoisotopic (exact) mass is 140 g/mol. The zero-order valence-corrected chi connectivity index (χ0v) is 7.56. The van der Waals surface area contributed by atoms with Crippen LogP contribution in [0.2, 0.25) is 0 Å². The van der Waals surface area contributed by atoms with Crippen molar-refractivity contribution in [1.29, 1.82) is 0 Å². The Bertz CT molecular complexity index is 70.1. The second-order valence-electron chi connectivity index (χ2n) is 1.75. The first-order valence-electron chi connectivity index (χ1n) is 4.17. The van der Waals surface area contributed by atoms with Gasteiger partial charge in [-0.3, -0.25) is 0 Å². The van der Waals surface area contributed by atoms with Crippen LogP contribution in [0.4, 0.5) is 0 Å². The van der Waals surface area contributed by atoms with Gasteiger partial charge in [0.1, 0.15) is 0 Å². The van der Waals surface area contributed by atoms with Crippen molar-refractivity contribution in [3.63, 3.8) is 0 Å². The van der Waals surface area contributed by atoms with E-state index in [-0.39, 0.29) is 0 Å². The standard InChI is InChI=1S/C8H14.C2H6/c1-3-5-7-8-6-4-2;1-2/h3,6,8H,1,4-5,7H2,2H3;1-2H3/b8-6-;. The second kappa shape index (κ2) is 15.8. The molecule has 0 radical (unpaired) electrons. The SMILES string of the molecule is C=CCC/C=C\CC.CC. The van der Waals surface area contributed by atoms with Gasteiger partial charge in [-0.2, -0.15) is 0 Å². The Morgan fingerprint density at radius 1 is 1.10 bits per heavy atom. The van der Waals surface area contributed by atoms with E-state index in [0.717, 1.165) is 19.3 Å². The van der Waals surface area contributed by atoms with Gasteiger partial charge in [-0.25, -0.2) is 0 Å².